The number of hydrazine groups is 1. The summed E-state index contributed by atoms with van der Waals surface area (Å²) in [6.07, 6.45) is 3.98. The molecule has 2 heterocycles. The Morgan fingerprint density at radius 3 is 3.04 bits per heavy atom. The fraction of sp³-hybridized carbons (Fsp3) is 0.526. The predicted molar refractivity (Wildman–Crippen MR) is 110 cm³/mol. The molecule has 4 atom stereocenters. The zero-order valence-corrected chi connectivity index (χ0v) is 17.2. The van der Waals surface area contributed by atoms with Crippen molar-refractivity contribution in [1.29, 1.82) is 0 Å². The Kier molecular flexibility index (Phi) is 6.10. The highest BCUT2D eigenvalue weighted by Crippen LogP contribution is 2.34. The van der Waals surface area contributed by atoms with Crippen LogP contribution in [-0.2, 0) is 11.2 Å². The molecule has 4 unspecified atom stereocenters. The van der Waals surface area contributed by atoms with Crippen molar-refractivity contribution < 1.29 is 9.53 Å². The summed E-state index contributed by atoms with van der Waals surface area (Å²) in [7, 11) is 0. The quantitative estimate of drug-likeness (QED) is 0.664. The van der Waals surface area contributed by atoms with Gasteiger partial charge >= 0.3 is 0 Å². The lowest BCUT2D eigenvalue weighted by atomic mass is 9.76. The number of hydrogen-bond acceptors (Lipinski definition) is 7. The van der Waals surface area contributed by atoms with Crippen LogP contribution in [0, 0.1) is 11.8 Å². The molecule has 1 amide bonds. The zero-order valence-electron chi connectivity index (χ0n) is 15.7. The molecule has 0 radical (unpaired) electrons. The Hall–Kier alpha value is -1.74. The monoisotopic (exact) mass is 421 g/mol. The summed E-state index contributed by atoms with van der Waals surface area (Å²) in [5.41, 5.74) is 6.44. The summed E-state index contributed by atoms with van der Waals surface area (Å²) in [6, 6.07) is 7.50. The molecular weight excluding hydrogens is 398 g/mol. The fourth-order valence-electron chi connectivity index (χ4n) is 3.93. The molecule has 1 aromatic carbocycles. The van der Waals surface area contributed by atoms with Crippen molar-refractivity contribution in [3.05, 3.63) is 34.3 Å². The van der Waals surface area contributed by atoms with Crippen molar-refractivity contribution in [2.45, 2.75) is 44.7 Å². The minimum absolute atomic E-state index is 0.0517. The Balaban J connectivity index is 1.28. The number of rotatable bonds is 6. The second-order valence-electron chi connectivity index (χ2n) is 7.47. The number of carbonyl (C=O) groups is 1. The van der Waals surface area contributed by atoms with E-state index in [0.717, 1.165) is 17.8 Å². The smallest absolute Gasteiger partial charge is 0.245 e. The van der Waals surface area contributed by atoms with Gasteiger partial charge in [0.05, 0.1) is 11.6 Å². The fourth-order valence-corrected chi connectivity index (χ4v) is 4.85. The van der Waals surface area contributed by atoms with Crippen LogP contribution >= 0.6 is 22.9 Å². The van der Waals surface area contributed by atoms with Gasteiger partial charge in [-0.1, -0.05) is 42.0 Å². The summed E-state index contributed by atoms with van der Waals surface area (Å²) >= 11 is 7.45. The number of nitrogens with zero attached hydrogens (tertiary/aromatic N) is 2. The van der Waals surface area contributed by atoms with Gasteiger partial charge < -0.3 is 4.74 Å². The summed E-state index contributed by atoms with van der Waals surface area (Å²) in [4.78, 5) is 12.7. The molecule has 1 aliphatic carbocycles. The van der Waals surface area contributed by atoms with Crippen LogP contribution < -0.4 is 20.9 Å². The number of benzene rings is 1. The summed E-state index contributed by atoms with van der Waals surface area (Å²) in [6.45, 7) is 2.70. The lowest BCUT2D eigenvalue weighted by Crippen LogP contribution is -2.42. The Morgan fingerprint density at radius 2 is 2.18 bits per heavy atom. The summed E-state index contributed by atoms with van der Waals surface area (Å²) < 4.78 is 5.68. The van der Waals surface area contributed by atoms with E-state index in [1.165, 1.54) is 17.8 Å². The van der Waals surface area contributed by atoms with E-state index in [4.69, 9.17) is 16.3 Å². The van der Waals surface area contributed by atoms with E-state index in [-0.39, 0.29) is 11.9 Å². The maximum atomic E-state index is 12.7. The molecule has 1 aromatic heterocycles. The first-order valence-electron chi connectivity index (χ1n) is 9.62. The van der Waals surface area contributed by atoms with E-state index in [1.807, 2.05) is 18.2 Å². The number of halogens is 1. The van der Waals surface area contributed by atoms with Crippen LogP contribution in [0.15, 0.2) is 24.3 Å². The third-order valence-electron chi connectivity index (χ3n) is 5.40. The Bertz CT molecular complexity index is 832. The molecule has 1 saturated heterocycles. The second-order valence-corrected chi connectivity index (χ2v) is 8.94. The van der Waals surface area contributed by atoms with E-state index in [2.05, 4.69) is 33.3 Å². The molecule has 3 N–H and O–H groups in total. The van der Waals surface area contributed by atoms with Crippen LogP contribution in [0.2, 0.25) is 5.02 Å². The standard InChI is InChI=1S/C19H24ClN5O2S/c1-11-6-7-14-12(10-11)17(24-22-14)18(26)21-19-25-23-16(28-19)8-9-27-15-5-3-2-4-13(15)20/h2-5,11-12,14,17,22,24H,6-10H2,1H3,(H,21,25,26). The van der Waals surface area contributed by atoms with Crippen LogP contribution in [0.1, 0.15) is 31.2 Å². The van der Waals surface area contributed by atoms with Crippen LogP contribution in [-0.4, -0.2) is 34.8 Å². The van der Waals surface area contributed by atoms with Gasteiger partial charge in [0.2, 0.25) is 11.0 Å². The second kappa shape index (κ2) is 8.73. The number of hydrogen-bond donors (Lipinski definition) is 3. The van der Waals surface area contributed by atoms with Crippen molar-refractivity contribution in [2.24, 2.45) is 11.8 Å². The Morgan fingerprint density at radius 1 is 1.32 bits per heavy atom. The highest BCUT2D eigenvalue weighted by atomic mass is 35.5. The molecule has 1 saturated carbocycles. The zero-order chi connectivity index (χ0) is 19.5. The number of nitrogens with one attached hydrogen (secondary N) is 3. The topological polar surface area (TPSA) is 88.2 Å². The summed E-state index contributed by atoms with van der Waals surface area (Å²) in [5, 5.41) is 13.1. The third-order valence-corrected chi connectivity index (χ3v) is 6.61. The summed E-state index contributed by atoms with van der Waals surface area (Å²) in [5.74, 6) is 1.58. The average Bonchev–Trinajstić information content (AvgIpc) is 3.29. The third kappa shape index (κ3) is 4.46. The number of para-hydroxylation sites is 1. The normalized spacial score (nSPS) is 26.6. The molecule has 4 rings (SSSR count). The van der Waals surface area contributed by atoms with Crippen molar-refractivity contribution in [2.75, 3.05) is 11.9 Å². The molecule has 150 valence electrons. The number of fused-ring (bicyclic) bond motifs is 1. The van der Waals surface area contributed by atoms with E-state index in [9.17, 15) is 4.79 Å². The average molecular weight is 422 g/mol. The predicted octanol–water partition coefficient (Wildman–Crippen LogP) is 3.03. The number of aromatic nitrogens is 2. The number of anilines is 1. The lowest BCUT2D eigenvalue weighted by Gasteiger charge is -2.30. The van der Waals surface area contributed by atoms with E-state index < -0.39 is 0 Å². The van der Waals surface area contributed by atoms with Gasteiger partial charge in [0.15, 0.2) is 0 Å². The van der Waals surface area contributed by atoms with Crippen LogP contribution in [0.5, 0.6) is 5.75 Å². The highest BCUT2D eigenvalue weighted by molar-refractivity contribution is 7.15. The van der Waals surface area contributed by atoms with Crippen LogP contribution in [0.3, 0.4) is 0 Å². The highest BCUT2D eigenvalue weighted by Gasteiger charge is 2.42. The molecular formula is C19H24ClN5O2S. The van der Waals surface area contributed by atoms with Gasteiger partial charge in [-0.05, 0) is 37.3 Å². The van der Waals surface area contributed by atoms with Crippen molar-refractivity contribution in [1.82, 2.24) is 21.0 Å². The molecule has 1 aliphatic heterocycles. The molecule has 2 aliphatic rings. The number of amides is 1. The molecule has 7 nitrogen and oxygen atoms in total. The van der Waals surface area contributed by atoms with E-state index in [1.54, 1.807) is 6.07 Å². The molecule has 28 heavy (non-hydrogen) atoms. The first-order chi connectivity index (χ1) is 13.6. The van der Waals surface area contributed by atoms with E-state index >= 15 is 0 Å². The number of carbonyl (C=O) groups excluding carboxylic acids is 1. The maximum Gasteiger partial charge on any atom is 0.245 e. The molecule has 0 spiro atoms. The van der Waals surface area contributed by atoms with Gasteiger partial charge in [-0.3, -0.25) is 15.5 Å². The van der Waals surface area contributed by atoms with Crippen molar-refractivity contribution >= 4 is 34.0 Å². The van der Waals surface area contributed by atoms with Gasteiger partial charge in [0.1, 0.15) is 16.8 Å². The molecule has 9 heteroatoms. The minimum atomic E-state index is -0.233. The first-order valence-corrected chi connectivity index (χ1v) is 10.8. The van der Waals surface area contributed by atoms with Gasteiger partial charge in [-0.15, -0.1) is 10.2 Å². The SMILES string of the molecule is CC1CCC2NNC(C(=O)Nc3nnc(CCOc4ccccc4Cl)s3)C2C1. The molecule has 2 aromatic rings. The van der Waals surface area contributed by atoms with Crippen molar-refractivity contribution in [3.63, 3.8) is 0 Å². The number of ether oxygens (including phenoxy) is 1. The van der Waals surface area contributed by atoms with Crippen molar-refractivity contribution in [3.8, 4) is 5.75 Å². The minimum Gasteiger partial charge on any atom is -0.492 e. The molecule has 2 fully saturated rings. The van der Waals surface area contributed by atoms with E-state index in [0.29, 0.717) is 46.8 Å². The first kappa shape index (κ1) is 19.6. The molecule has 0 bridgehead atoms. The van der Waals surface area contributed by atoms with Gasteiger partial charge in [0, 0.05) is 18.4 Å². The van der Waals surface area contributed by atoms with Crippen LogP contribution in [0.25, 0.3) is 0 Å². The van der Waals surface area contributed by atoms with Crippen LogP contribution in [0.4, 0.5) is 5.13 Å². The largest absolute Gasteiger partial charge is 0.492 e. The van der Waals surface area contributed by atoms with Gasteiger partial charge in [-0.2, -0.15) is 0 Å². The Labute approximate surface area is 173 Å². The van der Waals surface area contributed by atoms with Gasteiger partial charge in [-0.25, -0.2) is 5.43 Å². The lowest BCUT2D eigenvalue weighted by molar-refractivity contribution is -0.119. The van der Waals surface area contributed by atoms with Gasteiger partial charge in [0.25, 0.3) is 0 Å². The maximum absolute atomic E-state index is 12.7.